The minimum atomic E-state index is -0.228. The third-order valence-corrected chi connectivity index (χ3v) is 7.79. The molecule has 1 aliphatic heterocycles. The summed E-state index contributed by atoms with van der Waals surface area (Å²) >= 11 is 1.13. The van der Waals surface area contributed by atoms with Gasteiger partial charge in [0.15, 0.2) is 0 Å². The van der Waals surface area contributed by atoms with Gasteiger partial charge in [-0.3, -0.25) is 14.9 Å². The van der Waals surface area contributed by atoms with E-state index < -0.39 is 0 Å². The second-order valence-corrected chi connectivity index (χ2v) is 11.1. The summed E-state index contributed by atoms with van der Waals surface area (Å²) in [4.78, 5) is 28.0. The van der Waals surface area contributed by atoms with E-state index in [1.54, 1.807) is 0 Å². The number of oxazole rings is 1. The molecule has 1 saturated carbocycles. The number of ether oxygens (including phenoxy) is 1. The zero-order chi connectivity index (χ0) is 24.1. The van der Waals surface area contributed by atoms with E-state index in [4.69, 9.17) is 14.1 Å². The molecule has 2 fully saturated rings. The maximum absolute atomic E-state index is 11.8. The van der Waals surface area contributed by atoms with Gasteiger partial charge in [-0.25, -0.2) is 4.98 Å². The van der Waals surface area contributed by atoms with Gasteiger partial charge in [-0.2, -0.15) is 0 Å². The summed E-state index contributed by atoms with van der Waals surface area (Å²) in [6.07, 6.45) is 8.10. The number of thioether (sulfide) groups is 1. The van der Waals surface area contributed by atoms with Crippen LogP contribution in [-0.2, 0) is 29.0 Å². The van der Waals surface area contributed by atoms with Gasteiger partial charge in [-0.15, -0.1) is 0 Å². The number of aryl methyl sites for hydroxylation is 1. The molecule has 1 aromatic heterocycles. The highest BCUT2D eigenvalue weighted by Gasteiger charge is 2.32. The standard InChI is InChI=1S/C27H36N2O4S/c1-4-23-22(28-26(33-23)20-11-8-19(9-12-20)14-17(2)3)16-32-21-7-5-6-18(15-21)10-13-24-25(30)29-27(31)34-24/h8-9,11-12,17-18,21,24H,4-7,10,13-16H2,1-3H3,(H,29,30,31)/t18-,21?,24?/m0/s1. The van der Waals surface area contributed by atoms with Gasteiger partial charge in [-0.05, 0) is 61.6 Å². The van der Waals surface area contributed by atoms with Gasteiger partial charge in [-0.1, -0.05) is 57.5 Å². The molecule has 2 aromatic rings. The minimum Gasteiger partial charge on any atom is -0.441 e. The molecule has 2 unspecified atom stereocenters. The van der Waals surface area contributed by atoms with Crippen LogP contribution in [0.15, 0.2) is 28.7 Å². The zero-order valence-corrected chi connectivity index (χ0v) is 21.3. The molecular formula is C27H36N2O4S. The average Bonchev–Trinajstić information content (AvgIpc) is 3.38. The molecule has 0 radical (unpaired) electrons. The van der Waals surface area contributed by atoms with Crippen molar-refractivity contribution in [1.82, 2.24) is 10.3 Å². The third kappa shape index (κ3) is 6.51. The van der Waals surface area contributed by atoms with Crippen LogP contribution in [0.25, 0.3) is 11.5 Å². The molecule has 1 saturated heterocycles. The van der Waals surface area contributed by atoms with Crippen molar-refractivity contribution in [2.24, 2.45) is 11.8 Å². The maximum Gasteiger partial charge on any atom is 0.286 e. The summed E-state index contributed by atoms with van der Waals surface area (Å²) in [6, 6.07) is 8.51. The monoisotopic (exact) mass is 484 g/mol. The quantitative estimate of drug-likeness (QED) is 0.426. The molecule has 2 aliphatic rings. The molecule has 6 nitrogen and oxygen atoms in total. The van der Waals surface area contributed by atoms with E-state index >= 15 is 0 Å². The van der Waals surface area contributed by atoms with Crippen molar-refractivity contribution in [3.05, 3.63) is 41.3 Å². The summed E-state index contributed by atoms with van der Waals surface area (Å²) in [5, 5.41) is 1.94. The van der Waals surface area contributed by atoms with Crippen molar-refractivity contribution >= 4 is 22.9 Å². The Morgan fingerprint density at radius 1 is 1.18 bits per heavy atom. The zero-order valence-electron chi connectivity index (χ0n) is 20.5. The summed E-state index contributed by atoms with van der Waals surface area (Å²) in [5.74, 6) is 2.58. The maximum atomic E-state index is 11.8. The number of nitrogens with one attached hydrogen (secondary N) is 1. The van der Waals surface area contributed by atoms with Gasteiger partial charge >= 0.3 is 0 Å². The van der Waals surface area contributed by atoms with E-state index in [-0.39, 0.29) is 22.5 Å². The molecule has 1 N–H and O–H groups in total. The number of carbonyl (C=O) groups is 2. The minimum absolute atomic E-state index is 0.137. The molecule has 2 amide bonds. The van der Waals surface area contributed by atoms with E-state index in [0.29, 0.717) is 24.3 Å². The number of rotatable bonds is 10. The van der Waals surface area contributed by atoms with Gasteiger partial charge < -0.3 is 9.15 Å². The number of hydrogen-bond donors (Lipinski definition) is 1. The normalized spacial score (nSPS) is 23.0. The van der Waals surface area contributed by atoms with Gasteiger partial charge in [0.05, 0.1) is 18.0 Å². The van der Waals surface area contributed by atoms with Crippen LogP contribution in [0, 0.1) is 11.8 Å². The Labute approximate surface area is 206 Å². The van der Waals surface area contributed by atoms with Crippen molar-refractivity contribution in [1.29, 1.82) is 0 Å². The summed E-state index contributed by atoms with van der Waals surface area (Å²) < 4.78 is 12.4. The van der Waals surface area contributed by atoms with E-state index in [9.17, 15) is 9.59 Å². The SMILES string of the molecule is CCc1oc(-c2ccc(CC(C)C)cc2)nc1COC1CCC[C@@H](CCC2SC(=O)NC2=O)C1. The molecule has 1 aliphatic carbocycles. The summed E-state index contributed by atoms with van der Waals surface area (Å²) in [5.41, 5.74) is 3.22. The van der Waals surface area contributed by atoms with E-state index in [1.807, 2.05) is 0 Å². The van der Waals surface area contributed by atoms with E-state index in [0.717, 1.165) is 80.1 Å². The molecule has 3 atom stereocenters. The van der Waals surface area contributed by atoms with Crippen LogP contribution in [0.5, 0.6) is 0 Å². The largest absolute Gasteiger partial charge is 0.441 e. The Bertz CT molecular complexity index is 985. The Morgan fingerprint density at radius 3 is 2.65 bits per heavy atom. The van der Waals surface area contributed by atoms with Crippen LogP contribution in [0.4, 0.5) is 4.79 Å². The molecule has 2 heterocycles. The first-order chi connectivity index (χ1) is 16.4. The third-order valence-electron chi connectivity index (χ3n) is 6.74. The lowest BCUT2D eigenvalue weighted by Crippen LogP contribution is -2.26. The molecule has 0 spiro atoms. The fourth-order valence-corrected chi connectivity index (χ4v) is 5.81. The van der Waals surface area contributed by atoms with Crippen LogP contribution < -0.4 is 5.32 Å². The Hall–Kier alpha value is -2.12. The van der Waals surface area contributed by atoms with Gasteiger partial charge in [0.1, 0.15) is 11.5 Å². The molecule has 0 bridgehead atoms. The van der Waals surface area contributed by atoms with Crippen LogP contribution in [0.1, 0.15) is 76.3 Å². The van der Waals surface area contributed by atoms with Crippen LogP contribution in [0.3, 0.4) is 0 Å². The van der Waals surface area contributed by atoms with Gasteiger partial charge in [0, 0.05) is 12.0 Å². The number of imide groups is 1. The van der Waals surface area contributed by atoms with Crippen molar-refractivity contribution < 1.29 is 18.7 Å². The Kier molecular flexibility index (Phi) is 8.48. The Morgan fingerprint density at radius 2 is 1.97 bits per heavy atom. The van der Waals surface area contributed by atoms with E-state index in [2.05, 4.69) is 50.4 Å². The number of amides is 2. The first kappa shape index (κ1) is 25.0. The first-order valence-electron chi connectivity index (χ1n) is 12.6. The van der Waals surface area contributed by atoms with Crippen molar-refractivity contribution in [3.8, 4) is 11.5 Å². The highest BCUT2D eigenvalue weighted by atomic mass is 32.2. The highest BCUT2D eigenvalue weighted by Crippen LogP contribution is 2.33. The second kappa shape index (κ2) is 11.5. The lowest BCUT2D eigenvalue weighted by molar-refractivity contribution is -0.119. The lowest BCUT2D eigenvalue weighted by atomic mass is 9.84. The number of carbonyl (C=O) groups excluding carboxylic acids is 2. The lowest BCUT2D eigenvalue weighted by Gasteiger charge is -2.29. The highest BCUT2D eigenvalue weighted by molar-refractivity contribution is 8.15. The molecule has 184 valence electrons. The molecule has 1 aromatic carbocycles. The first-order valence-corrected chi connectivity index (χ1v) is 13.5. The molecule has 7 heteroatoms. The second-order valence-electron chi connectivity index (χ2n) is 9.96. The smallest absolute Gasteiger partial charge is 0.286 e. The average molecular weight is 485 g/mol. The molecule has 4 rings (SSSR count). The fraction of sp³-hybridized carbons (Fsp3) is 0.593. The van der Waals surface area contributed by atoms with E-state index in [1.165, 1.54) is 5.56 Å². The summed E-state index contributed by atoms with van der Waals surface area (Å²) in [7, 11) is 0. The van der Waals surface area contributed by atoms with Gasteiger partial charge in [0.2, 0.25) is 11.8 Å². The number of aromatic nitrogens is 1. The molecular weight excluding hydrogens is 448 g/mol. The Balaban J connectivity index is 1.31. The predicted octanol–water partition coefficient (Wildman–Crippen LogP) is 6.31. The van der Waals surface area contributed by atoms with Crippen LogP contribution in [-0.4, -0.2) is 27.5 Å². The number of nitrogens with zero attached hydrogens (tertiary/aromatic N) is 1. The van der Waals surface area contributed by atoms with Crippen LogP contribution in [0.2, 0.25) is 0 Å². The number of hydrogen-bond acceptors (Lipinski definition) is 6. The fourth-order valence-electron chi connectivity index (χ4n) is 4.97. The number of benzene rings is 1. The van der Waals surface area contributed by atoms with Gasteiger partial charge in [0.25, 0.3) is 5.24 Å². The molecule has 34 heavy (non-hydrogen) atoms. The van der Waals surface area contributed by atoms with Crippen molar-refractivity contribution in [3.63, 3.8) is 0 Å². The van der Waals surface area contributed by atoms with Crippen LogP contribution >= 0.6 is 11.8 Å². The van der Waals surface area contributed by atoms with Crippen molar-refractivity contribution in [2.75, 3.05) is 0 Å². The summed E-state index contributed by atoms with van der Waals surface area (Å²) in [6.45, 7) is 7.00. The predicted molar refractivity (Wildman–Crippen MR) is 135 cm³/mol. The topological polar surface area (TPSA) is 81.4 Å². The van der Waals surface area contributed by atoms with Crippen molar-refractivity contribution in [2.45, 2.75) is 90.1 Å².